The first-order valence-corrected chi connectivity index (χ1v) is 5.96. The van der Waals surface area contributed by atoms with E-state index in [2.05, 4.69) is 20.9 Å². The number of hydrogen-bond acceptors (Lipinski definition) is 3. The molecule has 5 heteroatoms. The fourth-order valence-corrected chi connectivity index (χ4v) is 2.24. The summed E-state index contributed by atoms with van der Waals surface area (Å²) in [5.41, 5.74) is 12.7. The number of aromatic nitrogens is 1. The summed E-state index contributed by atoms with van der Waals surface area (Å²) in [5, 5.41) is 0.977. The lowest BCUT2D eigenvalue weighted by atomic mass is 10.0. The molecule has 0 spiro atoms. The average Bonchev–Trinajstić information content (AvgIpc) is 2.29. The second-order valence-electron chi connectivity index (χ2n) is 3.81. The van der Waals surface area contributed by atoms with Gasteiger partial charge in [-0.25, -0.2) is 0 Å². The fraction of sp³-hybridized carbons (Fsp3) is 0.167. The normalized spacial score (nSPS) is 12.6. The van der Waals surface area contributed by atoms with E-state index in [1.807, 2.05) is 24.3 Å². The van der Waals surface area contributed by atoms with Crippen LogP contribution in [-0.4, -0.2) is 10.9 Å². The van der Waals surface area contributed by atoms with Gasteiger partial charge in [0.1, 0.15) is 0 Å². The first kappa shape index (κ1) is 12.0. The van der Waals surface area contributed by atoms with Gasteiger partial charge in [0.2, 0.25) is 5.91 Å². The quantitative estimate of drug-likeness (QED) is 0.906. The third-order valence-corrected chi connectivity index (χ3v) is 3.26. The number of fused-ring (bicyclic) bond motifs is 1. The molecule has 17 heavy (non-hydrogen) atoms. The van der Waals surface area contributed by atoms with Crippen LogP contribution in [0, 0.1) is 0 Å². The molecule has 88 valence electrons. The van der Waals surface area contributed by atoms with Gasteiger partial charge in [0.05, 0.1) is 5.52 Å². The van der Waals surface area contributed by atoms with Crippen LogP contribution in [0.1, 0.15) is 18.0 Å². The Balaban J connectivity index is 2.55. The lowest BCUT2D eigenvalue weighted by Crippen LogP contribution is -2.21. The van der Waals surface area contributed by atoms with Crippen molar-refractivity contribution < 1.29 is 4.79 Å². The average molecular weight is 294 g/mol. The van der Waals surface area contributed by atoms with Gasteiger partial charge in [-0.1, -0.05) is 28.1 Å². The summed E-state index contributed by atoms with van der Waals surface area (Å²) in [6.07, 6.45) is 1.82. The van der Waals surface area contributed by atoms with Crippen LogP contribution in [0.15, 0.2) is 34.9 Å². The van der Waals surface area contributed by atoms with Crippen molar-refractivity contribution in [1.29, 1.82) is 0 Å². The van der Waals surface area contributed by atoms with Crippen LogP contribution in [0.3, 0.4) is 0 Å². The molecule has 1 aromatic heterocycles. The maximum atomic E-state index is 10.9. The van der Waals surface area contributed by atoms with Gasteiger partial charge in [-0.15, -0.1) is 0 Å². The summed E-state index contributed by atoms with van der Waals surface area (Å²) in [6, 6.07) is 7.16. The van der Waals surface area contributed by atoms with Crippen molar-refractivity contribution in [3.8, 4) is 0 Å². The Morgan fingerprint density at radius 2 is 2.18 bits per heavy atom. The molecule has 0 unspecified atom stereocenters. The van der Waals surface area contributed by atoms with Crippen molar-refractivity contribution in [2.24, 2.45) is 11.5 Å². The minimum atomic E-state index is -0.419. The summed E-state index contributed by atoms with van der Waals surface area (Å²) in [6.45, 7) is 0. The molecular formula is C12H12BrN3O. The third kappa shape index (κ3) is 2.45. The highest BCUT2D eigenvalue weighted by Gasteiger charge is 2.14. The molecule has 1 heterocycles. The number of nitrogens with zero attached hydrogens (tertiary/aromatic N) is 1. The topological polar surface area (TPSA) is 82.0 Å². The van der Waals surface area contributed by atoms with Gasteiger partial charge in [0.15, 0.2) is 0 Å². The molecule has 0 radical (unpaired) electrons. The van der Waals surface area contributed by atoms with E-state index in [4.69, 9.17) is 11.5 Å². The van der Waals surface area contributed by atoms with E-state index in [1.165, 1.54) is 0 Å². The summed E-state index contributed by atoms with van der Waals surface area (Å²) in [5.74, 6) is -0.413. The lowest BCUT2D eigenvalue weighted by Gasteiger charge is -2.13. The zero-order valence-electron chi connectivity index (χ0n) is 9.06. The molecule has 0 saturated carbocycles. The molecule has 1 amide bonds. The van der Waals surface area contributed by atoms with Gasteiger partial charge >= 0.3 is 0 Å². The first-order chi connectivity index (χ1) is 8.09. The number of primary amides is 1. The number of pyridine rings is 1. The van der Waals surface area contributed by atoms with Gasteiger partial charge < -0.3 is 11.5 Å². The minimum Gasteiger partial charge on any atom is -0.370 e. The predicted octanol–water partition coefficient (Wildman–Crippen LogP) is 1.87. The Morgan fingerprint density at radius 3 is 2.88 bits per heavy atom. The Labute approximate surface area is 107 Å². The molecule has 4 nitrogen and oxygen atoms in total. The summed E-state index contributed by atoms with van der Waals surface area (Å²) in [7, 11) is 0. The number of nitrogens with two attached hydrogens (primary N) is 2. The van der Waals surface area contributed by atoms with Crippen molar-refractivity contribution >= 4 is 32.7 Å². The molecular weight excluding hydrogens is 282 g/mol. The van der Waals surface area contributed by atoms with Crippen LogP contribution in [0.25, 0.3) is 10.9 Å². The van der Waals surface area contributed by atoms with E-state index in [9.17, 15) is 4.79 Å². The van der Waals surface area contributed by atoms with Crippen LogP contribution < -0.4 is 11.5 Å². The molecule has 1 aromatic carbocycles. The Hall–Kier alpha value is -1.46. The molecule has 0 aliphatic carbocycles. The smallest absolute Gasteiger partial charge is 0.219 e. The number of rotatable bonds is 3. The molecule has 0 aliphatic heterocycles. The maximum absolute atomic E-state index is 10.9. The Bertz CT molecular complexity index is 571. The summed E-state index contributed by atoms with van der Waals surface area (Å²) >= 11 is 3.46. The molecule has 0 aliphatic rings. The highest BCUT2D eigenvalue weighted by molar-refractivity contribution is 9.10. The molecule has 0 saturated heterocycles. The largest absolute Gasteiger partial charge is 0.370 e. The van der Waals surface area contributed by atoms with Crippen molar-refractivity contribution in [3.63, 3.8) is 0 Å². The first-order valence-electron chi connectivity index (χ1n) is 5.16. The number of amides is 1. The summed E-state index contributed by atoms with van der Waals surface area (Å²) < 4.78 is 0.954. The van der Waals surface area contributed by atoms with Gasteiger partial charge in [-0.05, 0) is 17.7 Å². The predicted molar refractivity (Wildman–Crippen MR) is 70.2 cm³/mol. The van der Waals surface area contributed by atoms with Crippen LogP contribution in [-0.2, 0) is 4.79 Å². The Kier molecular flexibility index (Phi) is 3.40. The SMILES string of the molecule is NC(=O)C[C@H](N)c1ccc(Br)c2cccnc12. The van der Waals surface area contributed by atoms with Crippen LogP contribution >= 0.6 is 15.9 Å². The Morgan fingerprint density at radius 1 is 1.41 bits per heavy atom. The van der Waals surface area contributed by atoms with E-state index < -0.39 is 11.9 Å². The number of hydrogen-bond donors (Lipinski definition) is 2. The molecule has 4 N–H and O–H groups in total. The molecule has 1 atom stereocenters. The summed E-state index contributed by atoms with van der Waals surface area (Å²) in [4.78, 5) is 15.2. The maximum Gasteiger partial charge on any atom is 0.219 e. The van der Waals surface area contributed by atoms with Gasteiger partial charge in [0, 0.05) is 28.5 Å². The van der Waals surface area contributed by atoms with E-state index in [1.54, 1.807) is 6.20 Å². The van der Waals surface area contributed by atoms with Crippen LogP contribution in [0.2, 0.25) is 0 Å². The highest BCUT2D eigenvalue weighted by Crippen LogP contribution is 2.28. The number of carbonyl (C=O) groups is 1. The second-order valence-corrected chi connectivity index (χ2v) is 4.67. The van der Waals surface area contributed by atoms with Crippen molar-refractivity contribution in [1.82, 2.24) is 4.98 Å². The fourth-order valence-electron chi connectivity index (χ4n) is 1.79. The van der Waals surface area contributed by atoms with E-state index in [0.717, 1.165) is 20.9 Å². The van der Waals surface area contributed by atoms with Crippen LogP contribution in [0.4, 0.5) is 0 Å². The monoisotopic (exact) mass is 293 g/mol. The zero-order chi connectivity index (χ0) is 12.4. The molecule has 0 fully saturated rings. The third-order valence-electron chi connectivity index (χ3n) is 2.57. The van der Waals surface area contributed by atoms with Crippen LogP contribution in [0.5, 0.6) is 0 Å². The minimum absolute atomic E-state index is 0.118. The molecule has 2 aromatic rings. The number of halogens is 1. The molecule has 2 rings (SSSR count). The zero-order valence-corrected chi connectivity index (χ0v) is 10.6. The highest BCUT2D eigenvalue weighted by atomic mass is 79.9. The van der Waals surface area contributed by atoms with Crippen molar-refractivity contribution in [2.75, 3.05) is 0 Å². The molecule has 0 bridgehead atoms. The van der Waals surface area contributed by atoms with Crippen molar-refractivity contribution in [3.05, 3.63) is 40.5 Å². The number of carbonyl (C=O) groups excluding carboxylic acids is 1. The van der Waals surface area contributed by atoms with Gasteiger partial charge in [-0.3, -0.25) is 9.78 Å². The van der Waals surface area contributed by atoms with E-state index in [-0.39, 0.29) is 6.42 Å². The standard InChI is InChI=1S/C12H12BrN3O/c13-9-4-3-8(10(14)6-11(15)17)12-7(9)2-1-5-16-12/h1-5,10H,6,14H2,(H2,15,17)/t10-/m0/s1. The van der Waals surface area contributed by atoms with Gasteiger partial charge in [-0.2, -0.15) is 0 Å². The number of benzene rings is 1. The lowest BCUT2D eigenvalue weighted by molar-refractivity contribution is -0.118. The van der Waals surface area contributed by atoms with Crippen molar-refractivity contribution in [2.45, 2.75) is 12.5 Å². The van der Waals surface area contributed by atoms with E-state index >= 15 is 0 Å². The van der Waals surface area contributed by atoms with E-state index in [0.29, 0.717) is 0 Å². The second kappa shape index (κ2) is 4.81. The van der Waals surface area contributed by atoms with Gasteiger partial charge in [0.25, 0.3) is 0 Å².